The first-order valence-corrected chi connectivity index (χ1v) is 13.8. The highest BCUT2D eigenvalue weighted by Gasteiger charge is 2.75. The Balaban J connectivity index is 4.25. The zero-order valence-electron chi connectivity index (χ0n) is 21.4. The summed E-state index contributed by atoms with van der Waals surface area (Å²) in [5, 5.41) is 1.14. The number of carbonyl (C=O) groups is 4. The van der Waals surface area contributed by atoms with Gasteiger partial charge in [-0.2, -0.15) is 0 Å². The van der Waals surface area contributed by atoms with Crippen molar-refractivity contribution in [2.24, 2.45) is 10.8 Å². The number of rotatable bonds is 8. The van der Waals surface area contributed by atoms with Crippen LogP contribution >= 0.6 is 0 Å². The topological polar surface area (TPSA) is 105 Å². The van der Waals surface area contributed by atoms with Crippen LogP contribution in [0.3, 0.4) is 0 Å². The van der Waals surface area contributed by atoms with Crippen LogP contribution in [0.25, 0.3) is 0 Å². The van der Waals surface area contributed by atoms with E-state index in [1.165, 1.54) is 0 Å². The molecule has 0 N–H and O–H groups in total. The summed E-state index contributed by atoms with van der Waals surface area (Å²) in [6.07, 6.45) is 1.34. The molecule has 0 aromatic carbocycles. The second-order valence-electron chi connectivity index (χ2n) is 8.39. The molecule has 0 spiro atoms. The van der Waals surface area contributed by atoms with E-state index in [-0.39, 0.29) is 12.8 Å². The Morgan fingerprint density at radius 1 is 0.758 bits per heavy atom. The second kappa shape index (κ2) is 11.1. The Morgan fingerprint density at radius 3 is 1.36 bits per heavy atom. The minimum Gasteiger partial charge on any atom is -0.468 e. The van der Waals surface area contributed by atoms with Crippen molar-refractivity contribution in [2.75, 3.05) is 28.4 Å². The zero-order chi connectivity index (χ0) is 25.6. The fourth-order valence-electron chi connectivity index (χ4n) is 5.44. The van der Waals surface area contributed by atoms with Gasteiger partial charge in [0.05, 0.1) is 36.5 Å². The van der Waals surface area contributed by atoms with Gasteiger partial charge in [0.15, 0.2) is 10.8 Å². The molecule has 0 bridgehead atoms. The van der Waals surface area contributed by atoms with E-state index in [0.717, 1.165) is 57.3 Å². The molecule has 1 aliphatic rings. The van der Waals surface area contributed by atoms with Crippen LogP contribution < -0.4 is 0 Å². The highest BCUT2D eigenvalue weighted by atomic mass is 28.3. The smallest absolute Gasteiger partial charge is 0.325 e. The third kappa shape index (κ3) is 4.15. The quantitative estimate of drug-likeness (QED) is 0.223. The molecule has 0 aromatic rings. The Bertz CT molecular complexity index is 810. The van der Waals surface area contributed by atoms with Crippen LogP contribution in [0, 0.1) is 10.8 Å². The molecule has 186 valence electrons. The SMILES string of the molecule is C/C=C1\CC(C(=O)OC)(C(=O)OC)C(C(=O)OC)(C(=O)OC)C\C1=C(/C)[Si](CC)(CC)CC. The molecule has 33 heavy (non-hydrogen) atoms. The summed E-state index contributed by atoms with van der Waals surface area (Å²) in [6.45, 7) is 10.3. The minimum atomic E-state index is -2.30. The maximum absolute atomic E-state index is 13.4. The monoisotopic (exact) mass is 482 g/mol. The molecular weight excluding hydrogens is 444 g/mol. The van der Waals surface area contributed by atoms with Gasteiger partial charge in [0.1, 0.15) is 0 Å². The van der Waals surface area contributed by atoms with Crippen molar-refractivity contribution < 1.29 is 38.1 Å². The molecule has 0 saturated heterocycles. The van der Waals surface area contributed by atoms with E-state index in [2.05, 4.69) is 20.8 Å². The van der Waals surface area contributed by atoms with Gasteiger partial charge in [-0.1, -0.05) is 50.2 Å². The first-order valence-electron chi connectivity index (χ1n) is 11.2. The second-order valence-corrected chi connectivity index (χ2v) is 13.8. The van der Waals surface area contributed by atoms with Gasteiger partial charge < -0.3 is 18.9 Å². The maximum atomic E-state index is 13.4. The third-order valence-corrected chi connectivity index (χ3v) is 13.7. The number of esters is 4. The van der Waals surface area contributed by atoms with Gasteiger partial charge in [0.2, 0.25) is 0 Å². The van der Waals surface area contributed by atoms with E-state index < -0.39 is 42.8 Å². The van der Waals surface area contributed by atoms with Crippen LogP contribution in [-0.2, 0) is 38.1 Å². The molecule has 0 aliphatic heterocycles. The van der Waals surface area contributed by atoms with E-state index in [1.54, 1.807) is 6.92 Å². The normalized spacial score (nSPS) is 20.0. The highest BCUT2D eigenvalue weighted by Crippen LogP contribution is 2.58. The van der Waals surface area contributed by atoms with E-state index in [9.17, 15) is 19.2 Å². The van der Waals surface area contributed by atoms with E-state index in [1.807, 2.05) is 13.0 Å². The molecule has 0 aromatic heterocycles. The van der Waals surface area contributed by atoms with Crippen molar-refractivity contribution in [1.29, 1.82) is 0 Å². The van der Waals surface area contributed by atoms with Gasteiger partial charge in [-0.25, -0.2) is 0 Å². The van der Waals surface area contributed by atoms with Crippen LogP contribution in [-0.4, -0.2) is 60.4 Å². The van der Waals surface area contributed by atoms with Gasteiger partial charge in [-0.05, 0) is 25.0 Å². The molecule has 8 nitrogen and oxygen atoms in total. The number of hydrogen-bond acceptors (Lipinski definition) is 8. The molecule has 0 radical (unpaired) electrons. The third-order valence-electron chi connectivity index (χ3n) is 7.78. The highest BCUT2D eigenvalue weighted by molar-refractivity contribution is 6.86. The number of carbonyl (C=O) groups excluding carboxylic acids is 4. The molecule has 1 fully saturated rings. The van der Waals surface area contributed by atoms with Crippen molar-refractivity contribution in [2.45, 2.75) is 65.6 Å². The summed E-state index contributed by atoms with van der Waals surface area (Å²) < 4.78 is 20.1. The minimum absolute atomic E-state index is 0.225. The molecule has 1 aliphatic carbocycles. The summed E-state index contributed by atoms with van der Waals surface area (Å²) in [7, 11) is 2.48. The Hall–Kier alpha value is -2.42. The maximum Gasteiger partial charge on any atom is 0.325 e. The van der Waals surface area contributed by atoms with Crippen LogP contribution in [0.2, 0.25) is 18.1 Å². The van der Waals surface area contributed by atoms with Gasteiger partial charge in [0, 0.05) is 12.8 Å². The number of ether oxygens (including phenoxy) is 4. The van der Waals surface area contributed by atoms with Crippen molar-refractivity contribution in [3.63, 3.8) is 0 Å². The molecule has 0 unspecified atom stereocenters. The largest absolute Gasteiger partial charge is 0.468 e. The molecule has 1 saturated carbocycles. The van der Waals surface area contributed by atoms with Crippen molar-refractivity contribution in [3.8, 4) is 0 Å². The first kappa shape index (κ1) is 28.6. The number of hydrogen-bond donors (Lipinski definition) is 0. The molecule has 9 heteroatoms. The molecule has 0 atom stereocenters. The predicted octanol–water partition coefficient (Wildman–Crippen LogP) is 3.76. The lowest BCUT2D eigenvalue weighted by atomic mass is 9.53. The summed E-state index contributed by atoms with van der Waals surface area (Å²) in [4.78, 5) is 53.3. The molecular formula is C24H38O8Si. The first-order chi connectivity index (χ1) is 15.5. The molecule has 0 heterocycles. The molecule has 0 amide bonds. The number of allylic oxidation sites excluding steroid dienone is 4. The summed E-state index contributed by atoms with van der Waals surface area (Å²) in [5.74, 6) is -4.18. The van der Waals surface area contributed by atoms with E-state index in [0.29, 0.717) is 5.57 Å². The average molecular weight is 483 g/mol. The van der Waals surface area contributed by atoms with Gasteiger partial charge in [0.25, 0.3) is 0 Å². The van der Waals surface area contributed by atoms with Crippen LogP contribution in [0.4, 0.5) is 0 Å². The average Bonchev–Trinajstić information content (AvgIpc) is 2.86. The lowest BCUT2D eigenvalue weighted by Crippen LogP contribution is -2.64. The van der Waals surface area contributed by atoms with Crippen molar-refractivity contribution >= 4 is 32.0 Å². The Kier molecular flexibility index (Phi) is 9.65. The predicted molar refractivity (Wildman–Crippen MR) is 126 cm³/mol. The van der Waals surface area contributed by atoms with Gasteiger partial charge >= 0.3 is 23.9 Å². The summed E-state index contributed by atoms with van der Waals surface area (Å²) in [5.41, 5.74) is -3.08. The fraction of sp³-hybridized carbons (Fsp3) is 0.667. The fourth-order valence-corrected chi connectivity index (χ4v) is 9.42. The summed E-state index contributed by atoms with van der Waals surface area (Å²) in [6, 6.07) is 2.94. The Labute approximate surface area is 197 Å². The van der Waals surface area contributed by atoms with Crippen molar-refractivity contribution in [1.82, 2.24) is 0 Å². The van der Waals surface area contributed by atoms with Crippen LogP contribution in [0.1, 0.15) is 47.5 Å². The van der Waals surface area contributed by atoms with Crippen LogP contribution in [0.15, 0.2) is 22.4 Å². The molecule has 1 rings (SSSR count). The van der Waals surface area contributed by atoms with Gasteiger partial charge in [-0.3, -0.25) is 19.2 Å². The zero-order valence-corrected chi connectivity index (χ0v) is 22.4. The lowest BCUT2D eigenvalue weighted by Gasteiger charge is -2.48. The standard InChI is InChI=1S/C24H38O8Si/c1-10-17-14-23(19(25)29-6,20(26)30-7)24(21(27)31-8,22(28)32-9)15-18(17)16(5)33(11-2,12-3)13-4/h10H,11-15H2,1-9H3/b17-10+,18-16-. The summed E-state index contributed by atoms with van der Waals surface area (Å²) >= 11 is 0. The van der Waals surface area contributed by atoms with E-state index >= 15 is 0 Å². The van der Waals surface area contributed by atoms with Crippen LogP contribution in [0.5, 0.6) is 0 Å². The van der Waals surface area contributed by atoms with E-state index in [4.69, 9.17) is 18.9 Å². The number of methoxy groups -OCH3 is 4. The van der Waals surface area contributed by atoms with Gasteiger partial charge in [-0.15, -0.1) is 0 Å². The Morgan fingerprint density at radius 2 is 1.09 bits per heavy atom. The lowest BCUT2D eigenvalue weighted by molar-refractivity contribution is -0.201. The van der Waals surface area contributed by atoms with Crippen molar-refractivity contribution in [3.05, 3.63) is 22.4 Å².